The molecule has 2 heterocycles. The summed E-state index contributed by atoms with van der Waals surface area (Å²) in [7, 11) is 0. The summed E-state index contributed by atoms with van der Waals surface area (Å²) in [6.07, 6.45) is 6.91. The fraction of sp³-hybridized carbons (Fsp3) is 0.625. The van der Waals surface area contributed by atoms with Crippen molar-refractivity contribution in [3.63, 3.8) is 0 Å². The van der Waals surface area contributed by atoms with Crippen LogP contribution in [0.2, 0.25) is 5.02 Å². The summed E-state index contributed by atoms with van der Waals surface area (Å²) in [6.45, 7) is 5.21. The van der Waals surface area contributed by atoms with Gasteiger partial charge in [0.1, 0.15) is 5.82 Å². The second-order valence-electron chi connectivity index (χ2n) is 5.95. The Labute approximate surface area is 145 Å². The smallest absolute Gasteiger partial charge is 0.190 e. The molecule has 22 heavy (non-hydrogen) atoms. The van der Waals surface area contributed by atoms with Gasteiger partial charge < -0.3 is 4.57 Å². The van der Waals surface area contributed by atoms with E-state index in [1.54, 1.807) is 11.8 Å². The normalized spacial score (nSPS) is 22.2. The van der Waals surface area contributed by atoms with Crippen molar-refractivity contribution in [1.29, 1.82) is 0 Å². The average molecular weight is 356 g/mol. The van der Waals surface area contributed by atoms with Gasteiger partial charge in [-0.2, -0.15) is 0 Å². The molecule has 0 aromatic carbocycles. The van der Waals surface area contributed by atoms with E-state index in [2.05, 4.69) is 40.2 Å². The van der Waals surface area contributed by atoms with Gasteiger partial charge in [-0.1, -0.05) is 29.8 Å². The minimum atomic E-state index is 0.505. The maximum absolute atomic E-state index is 6.49. The van der Waals surface area contributed by atoms with Gasteiger partial charge >= 0.3 is 0 Å². The lowest BCUT2D eigenvalue weighted by molar-refractivity contribution is 0.375. The van der Waals surface area contributed by atoms with Crippen molar-refractivity contribution in [3.05, 3.63) is 26.7 Å². The zero-order valence-electron chi connectivity index (χ0n) is 13.3. The van der Waals surface area contributed by atoms with Gasteiger partial charge in [-0.25, -0.2) is 0 Å². The van der Waals surface area contributed by atoms with Crippen molar-refractivity contribution in [2.75, 3.05) is 6.26 Å². The van der Waals surface area contributed by atoms with Gasteiger partial charge in [-0.05, 0) is 56.2 Å². The Morgan fingerprint density at radius 3 is 2.77 bits per heavy atom. The first kappa shape index (κ1) is 16.3. The van der Waals surface area contributed by atoms with Gasteiger partial charge in [-0.15, -0.1) is 21.5 Å². The van der Waals surface area contributed by atoms with E-state index in [4.69, 9.17) is 11.6 Å². The van der Waals surface area contributed by atoms with Gasteiger partial charge in [0.15, 0.2) is 5.16 Å². The standard InChI is InChI=1S/C16H22ClN3S2/c1-4-20-15(18-19-16(20)21-3)12-7-5-6-11(8-12)14-13(17)10(2)9-22-14/h9,11-12H,4-8H2,1-3H3. The average Bonchev–Trinajstić information content (AvgIpc) is 3.11. The van der Waals surface area contributed by atoms with Crippen LogP contribution >= 0.6 is 34.7 Å². The van der Waals surface area contributed by atoms with Crippen molar-refractivity contribution in [1.82, 2.24) is 14.8 Å². The molecule has 1 fully saturated rings. The van der Waals surface area contributed by atoms with Crippen LogP contribution < -0.4 is 0 Å². The quantitative estimate of drug-likeness (QED) is 0.680. The molecule has 1 aliphatic rings. The van der Waals surface area contributed by atoms with E-state index in [0.717, 1.165) is 23.1 Å². The van der Waals surface area contributed by atoms with Crippen molar-refractivity contribution in [3.8, 4) is 0 Å². The van der Waals surface area contributed by atoms with E-state index < -0.39 is 0 Å². The maximum atomic E-state index is 6.49. The monoisotopic (exact) mass is 355 g/mol. The van der Waals surface area contributed by atoms with Crippen LogP contribution in [0.25, 0.3) is 0 Å². The van der Waals surface area contributed by atoms with Gasteiger partial charge in [-0.3, -0.25) is 0 Å². The molecule has 120 valence electrons. The summed E-state index contributed by atoms with van der Waals surface area (Å²) in [5.41, 5.74) is 1.21. The maximum Gasteiger partial charge on any atom is 0.190 e. The molecule has 2 aromatic heterocycles. The molecular formula is C16H22ClN3S2. The Kier molecular flexibility index (Phi) is 5.15. The third-order valence-corrected chi connectivity index (χ3v) is 7.12. The molecule has 1 aliphatic carbocycles. The SMILES string of the molecule is CCn1c(SC)nnc1C1CCCC(c2scc(C)c2Cl)C1. The number of thiophene rings is 1. The highest BCUT2D eigenvalue weighted by atomic mass is 35.5. The summed E-state index contributed by atoms with van der Waals surface area (Å²) in [6, 6.07) is 0. The number of hydrogen-bond acceptors (Lipinski definition) is 4. The molecular weight excluding hydrogens is 334 g/mol. The summed E-state index contributed by atoms with van der Waals surface area (Å²) in [4.78, 5) is 1.37. The van der Waals surface area contributed by atoms with Crippen molar-refractivity contribution >= 4 is 34.7 Å². The minimum Gasteiger partial charge on any atom is -0.306 e. The van der Waals surface area contributed by atoms with Crippen LogP contribution in [0, 0.1) is 6.92 Å². The summed E-state index contributed by atoms with van der Waals surface area (Å²) in [5, 5.41) is 13.1. The number of hydrogen-bond donors (Lipinski definition) is 0. The highest BCUT2D eigenvalue weighted by molar-refractivity contribution is 7.98. The molecule has 2 aromatic rings. The largest absolute Gasteiger partial charge is 0.306 e. The summed E-state index contributed by atoms with van der Waals surface area (Å²) in [5.74, 6) is 2.25. The summed E-state index contributed by atoms with van der Waals surface area (Å²) >= 11 is 9.99. The zero-order valence-corrected chi connectivity index (χ0v) is 15.7. The van der Waals surface area contributed by atoms with E-state index in [9.17, 15) is 0 Å². The van der Waals surface area contributed by atoms with Crippen LogP contribution in [0.4, 0.5) is 0 Å². The number of halogens is 1. The van der Waals surface area contributed by atoms with E-state index in [0.29, 0.717) is 11.8 Å². The Bertz CT molecular complexity index is 650. The van der Waals surface area contributed by atoms with E-state index >= 15 is 0 Å². The van der Waals surface area contributed by atoms with Crippen LogP contribution in [0.5, 0.6) is 0 Å². The highest BCUT2D eigenvalue weighted by Gasteiger charge is 2.30. The van der Waals surface area contributed by atoms with Crippen molar-refractivity contribution in [2.24, 2.45) is 0 Å². The van der Waals surface area contributed by atoms with E-state index in [1.807, 2.05) is 11.3 Å². The van der Waals surface area contributed by atoms with Crippen LogP contribution in [0.3, 0.4) is 0 Å². The molecule has 0 amide bonds. The molecule has 1 saturated carbocycles. The first-order chi connectivity index (χ1) is 10.7. The fourth-order valence-corrected chi connectivity index (χ4v) is 5.50. The predicted octanol–water partition coefficient (Wildman–Crippen LogP) is 5.48. The fourth-order valence-electron chi connectivity index (χ4n) is 3.44. The lowest BCUT2D eigenvalue weighted by atomic mass is 9.80. The second-order valence-corrected chi connectivity index (χ2v) is 8.01. The molecule has 0 N–H and O–H groups in total. The van der Waals surface area contributed by atoms with Gasteiger partial charge in [0.05, 0.1) is 5.02 Å². The number of nitrogens with zero attached hydrogens (tertiary/aromatic N) is 3. The number of rotatable bonds is 4. The number of aryl methyl sites for hydroxylation is 1. The molecule has 6 heteroatoms. The first-order valence-electron chi connectivity index (χ1n) is 7.86. The molecule has 0 bridgehead atoms. The number of thioether (sulfide) groups is 1. The Balaban J connectivity index is 1.84. The summed E-state index contributed by atoms with van der Waals surface area (Å²) < 4.78 is 2.28. The third kappa shape index (κ3) is 2.95. The predicted molar refractivity (Wildman–Crippen MR) is 95.5 cm³/mol. The molecule has 2 atom stereocenters. The Morgan fingerprint density at radius 1 is 1.36 bits per heavy atom. The minimum absolute atomic E-state index is 0.505. The molecule has 0 saturated heterocycles. The van der Waals surface area contributed by atoms with Crippen LogP contribution in [0.15, 0.2) is 10.5 Å². The Hall–Kier alpha value is -0.520. The number of aromatic nitrogens is 3. The lowest BCUT2D eigenvalue weighted by Gasteiger charge is -2.28. The van der Waals surface area contributed by atoms with Gasteiger partial charge in [0.25, 0.3) is 0 Å². The van der Waals surface area contributed by atoms with Crippen molar-refractivity contribution in [2.45, 2.75) is 63.1 Å². The highest BCUT2D eigenvalue weighted by Crippen LogP contribution is 2.45. The molecule has 0 radical (unpaired) electrons. The topological polar surface area (TPSA) is 30.7 Å². The third-order valence-electron chi connectivity index (χ3n) is 4.58. The van der Waals surface area contributed by atoms with E-state index in [1.165, 1.54) is 35.5 Å². The molecule has 0 aliphatic heterocycles. The van der Waals surface area contributed by atoms with Gasteiger partial charge in [0, 0.05) is 17.3 Å². The molecule has 2 unspecified atom stereocenters. The van der Waals surface area contributed by atoms with Crippen LogP contribution in [0.1, 0.15) is 60.7 Å². The molecule has 0 spiro atoms. The van der Waals surface area contributed by atoms with Gasteiger partial charge in [0.2, 0.25) is 0 Å². The molecule has 3 nitrogen and oxygen atoms in total. The molecule has 3 rings (SSSR count). The zero-order chi connectivity index (χ0) is 15.7. The Morgan fingerprint density at radius 2 is 2.14 bits per heavy atom. The lowest BCUT2D eigenvalue weighted by Crippen LogP contribution is -2.17. The first-order valence-corrected chi connectivity index (χ1v) is 10.3. The van der Waals surface area contributed by atoms with Crippen LogP contribution in [-0.2, 0) is 6.54 Å². The van der Waals surface area contributed by atoms with E-state index in [-0.39, 0.29) is 0 Å². The second kappa shape index (κ2) is 6.93. The van der Waals surface area contributed by atoms with Crippen molar-refractivity contribution < 1.29 is 0 Å². The van der Waals surface area contributed by atoms with Crippen LogP contribution in [-0.4, -0.2) is 21.0 Å².